The van der Waals surface area contributed by atoms with Crippen molar-refractivity contribution in [1.29, 1.82) is 0 Å². The number of benzene rings is 4. The molecule has 0 aliphatic carbocycles. The summed E-state index contributed by atoms with van der Waals surface area (Å²) < 4.78 is 83.0. The molecule has 5 aromatic rings. The van der Waals surface area contributed by atoms with E-state index in [2.05, 4.69) is 0 Å². The molecule has 0 spiro atoms. The molecule has 0 unspecified atom stereocenters. The van der Waals surface area contributed by atoms with Crippen LogP contribution in [0, 0.1) is 0 Å². The molecule has 1 aliphatic rings. The molecule has 0 radical (unpaired) electrons. The molecule has 0 fully saturated rings. The predicted molar refractivity (Wildman–Crippen MR) is 133 cm³/mol. The molecule has 196 valence electrons. The van der Waals surface area contributed by atoms with E-state index < -0.39 is 40.9 Å². The highest BCUT2D eigenvalue weighted by atomic mass is 19.4. The molecule has 0 atom stereocenters. The third kappa shape index (κ3) is 3.70. The van der Waals surface area contributed by atoms with Crippen molar-refractivity contribution in [3.05, 3.63) is 101 Å². The van der Waals surface area contributed by atoms with Gasteiger partial charge in [0, 0.05) is 17.8 Å². The van der Waals surface area contributed by atoms with Gasteiger partial charge in [0.15, 0.2) is 0 Å². The average Bonchev–Trinajstić information content (AvgIpc) is 3.34. The molecule has 1 aliphatic heterocycles. The molecule has 6 rings (SSSR count). The highest BCUT2D eigenvalue weighted by molar-refractivity contribution is 6.23. The van der Waals surface area contributed by atoms with Crippen LogP contribution in [0.3, 0.4) is 0 Å². The summed E-state index contributed by atoms with van der Waals surface area (Å²) in [4.78, 5) is 26.6. The molecule has 1 aromatic heterocycles. The number of amides is 2. The van der Waals surface area contributed by atoms with Gasteiger partial charge in [-0.2, -0.15) is 26.3 Å². The summed E-state index contributed by atoms with van der Waals surface area (Å²) in [6.45, 7) is 0. The maximum Gasteiger partial charge on any atom is 0.417 e. The fourth-order valence-electron chi connectivity index (χ4n) is 5.18. The number of rotatable bonds is 2. The van der Waals surface area contributed by atoms with E-state index in [9.17, 15) is 35.9 Å². The number of carbonyl (C=O) groups is 2. The van der Waals surface area contributed by atoms with Crippen molar-refractivity contribution in [3.63, 3.8) is 0 Å². The van der Waals surface area contributed by atoms with E-state index in [1.165, 1.54) is 19.2 Å². The molecule has 0 N–H and O–H groups in total. The van der Waals surface area contributed by atoms with Crippen molar-refractivity contribution in [1.82, 2.24) is 9.47 Å². The maximum atomic E-state index is 13.9. The van der Waals surface area contributed by atoms with Gasteiger partial charge in [-0.05, 0) is 53.6 Å². The summed E-state index contributed by atoms with van der Waals surface area (Å²) in [6, 6.07) is 18.0. The maximum absolute atomic E-state index is 13.9. The number of para-hydroxylation sites is 1. The lowest BCUT2D eigenvalue weighted by atomic mass is 9.95. The smallest absolute Gasteiger partial charge is 0.308 e. The summed E-state index contributed by atoms with van der Waals surface area (Å²) in [6.07, 6.45) is -9.96. The third-order valence-corrected chi connectivity index (χ3v) is 6.97. The van der Waals surface area contributed by atoms with Crippen LogP contribution in [0.4, 0.5) is 26.3 Å². The zero-order valence-electron chi connectivity index (χ0n) is 20.0. The van der Waals surface area contributed by atoms with Gasteiger partial charge in [-0.25, -0.2) is 0 Å². The number of hydrogen-bond donors (Lipinski definition) is 0. The topological polar surface area (TPSA) is 42.3 Å². The van der Waals surface area contributed by atoms with E-state index in [4.69, 9.17) is 0 Å². The first-order valence-electron chi connectivity index (χ1n) is 11.7. The van der Waals surface area contributed by atoms with E-state index >= 15 is 0 Å². The molecule has 2 amide bonds. The van der Waals surface area contributed by atoms with Gasteiger partial charge in [0.25, 0.3) is 11.8 Å². The quantitative estimate of drug-likeness (QED) is 0.171. The Labute approximate surface area is 216 Å². The van der Waals surface area contributed by atoms with Gasteiger partial charge in [-0.15, -0.1) is 0 Å². The van der Waals surface area contributed by atoms with Gasteiger partial charge in [-0.1, -0.05) is 36.4 Å². The molecule has 0 bridgehead atoms. The van der Waals surface area contributed by atoms with Crippen molar-refractivity contribution in [2.75, 3.05) is 7.05 Å². The lowest BCUT2D eigenvalue weighted by Gasteiger charge is -2.16. The van der Waals surface area contributed by atoms with Gasteiger partial charge in [0.1, 0.15) is 0 Å². The molecule has 2 heterocycles. The SMILES string of the molecule is CN1C(=O)c2cccc(-n3c4ccccc4c4cc(-c5ccc(C(F)(F)F)cc5C(F)(F)F)ccc43)c2C1=O. The monoisotopic (exact) mass is 538 g/mol. The molecule has 10 heteroatoms. The number of alkyl halides is 6. The summed E-state index contributed by atoms with van der Waals surface area (Å²) >= 11 is 0. The zero-order valence-corrected chi connectivity index (χ0v) is 20.0. The summed E-state index contributed by atoms with van der Waals surface area (Å²) in [5.74, 6) is -0.922. The van der Waals surface area contributed by atoms with Crippen LogP contribution in [0.25, 0.3) is 38.6 Å². The highest BCUT2D eigenvalue weighted by Crippen LogP contribution is 2.43. The van der Waals surface area contributed by atoms with E-state index in [-0.39, 0.29) is 22.8 Å². The molecule has 39 heavy (non-hydrogen) atoms. The lowest BCUT2D eigenvalue weighted by Crippen LogP contribution is -2.24. The van der Waals surface area contributed by atoms with Crippen LogP contribution in [-0.2, 0) is 12.4 Å². The van der Waals surface area contributed by atoms with Gasteiger partial charge >= 0.3 is 12.4 Å². The molecule has 0 saturated carbocycles. The minimum absolute atomic E-state index is 0.0794. The van der Waals surface area contributed by atoms with Crippen molar-refractivity contribution in [2.45, 2.75) is 12.4 Å². The molecule has 0 saturated heterocycles. The van der Waals surface area contributed by atoms with Crippen LogP contribution in [-0.4, -0.2) is 28.3 Å². The van der Waals surface area contributed by atoms with Crippen LogP contribution >= 0.6 is 0 Å². The normalized spacial score (nSPS) is 14.1. The van der Waals surface area contributed by atoms with Gasteiger partial charge in [-0.3, -0.25) is 14.5 Å². The largest absolute Gasteiger partial charge is 0.417 e. The minimum atomic E-state index is -5.02. The number of imide groups is 1. The second-order valence-corrected chi connectivity index (χ2v) is 9.21. The van der Waals surface area contributed by atoms with Crippen LogP contribution in [0.2, 0.25) is 0 Å². The molecular formula is C29H16F6N2O2. The number of aromatic nitrogens is 1. The van der Waals surface area contributed by atoms with Crippen LogP contribution < -0.4 is 0 Å². The first-order valence-corrected chi connectivity index (χ1v) is 11.7. The van der Waals surface area contributed by atoms with E-state index in [1.807, 2.05) is 0 Å². The minimum Gasteiger partial charge on any atom is -0.308 e. The zero-order chi connectivity index (χ0) is 27.9. The highest BCUT2D eigenvalue weighted by Gasteiger charge is 2.39. The fourth-order valence-corrected chi connectivity index (χ4v) is 5.18. The number of nitrogens with zero attached hydrogens (tertiary/aromatic N) is 2. The summed E-state index contributed by atoms with van der Waals surface area (Å²) in [7, 11) is 1.38. The summed E-state index contributed by atoms with van der Waals surface area (Å²) in [5.41, 5.74) is -1.04. The van der Waals surface area contributed by atoms with E-state index in [0.717, 1.165) is 11.0 Å². The Morgan fingerprint density at radius 1 is 0.641 bits per heavy atom. The van der Waals surface area contributed by atoms with Crippen LogP contribution in [0.1, 0.15) is 31.8 Å². The number of fused-ring (bicyclic) bond motifs is 4. The molecule has 4 aromatic carbocycles. The Hall–Kier alpha value is -4.60. The van der Waals surface area contributed by atoms with Gasteiger partial charge < -0.3 is 4.57 Å². The Bertz CT molecular complexity index is 1850. The molecule has 4 nitrogen and oxygen atoms in total. The Morgan fingerprint density at radius 2 is 1.36 bits per heavy atom. The Balaban J connectivity index is 1.63. The first-order chi connectivity index (χ1) is 18.4. The van der Waals surface area contributed by atoms with E-state index in [1.54, 1.807) is 53.1 Å². The standard InChI is InChI=1S/C29H16F6N2O2/c1-36-26(38)19-6-4-8-24(25(19)27(36)39)37-22-7-3-2-5-18(22)20-13-15(9-12-23(20)37)17-11-10-16(28(30,31)32)14-21(17)29(33,34)35/h2-14H,1H3. The van der Waals surface area contributed by atoms with Crippen molar-refractivity contribution < 1.29 is 35.9 Å². The number of halogens is 6. The fraction of sp³-hybridized carbons (Fsp3) is 0.103. The van der Waals surface area contributed by atoms with Crippen molar-refractivity contribution in [2.24, 2.45) is 0 Å². The van der Waals surface area contributed by atoms with Gasteiger partial charge in [0.2, 0.25) is 0 Å². The molecular weight excluding hydrogens is 522 g/mol. The number of carbonyl (C=O) groups excluding carboxylic acids is 2. The van der Waals surface area contributed by atoms with Gasteiger partial charge in [0.05, 0.1) is 39.0 Å². The average molecular weight is 538 g/mol. The lowest BCUT2D eigenvalue weighted by molar-refractivity contribution is -0.142. The Morgan fingerprint density at radius 3 is 2.08 bits per heavy atom. The van der Waals surface area contributed by atoms with E-state index in [0.29, 0.717) is 33.6 Å². The van der Waals surface area contributed by atoms with Crippen molar-refractivity contribution >= 4 is 33.6 Å². The predicted octanol–water partition coefficient (Wildman–Crippen LogP) is 7.71. The third-order valence-electron chi connectivity index (χ3n) is 6.97. The first kappa shape index (κ1) is 24.7. The van der Waals surface area contributed by atoms with Crippen molar-refractivity contribution in [3.8, 4) is 16.8 Å². The number of hydrogen-bond acceptors (Lipinski definition) is 2. The summed E-state index contributed by atoms with van der Waals surface area (Å²) in [5, 5.41) is 1.18. The van der Waals surface area contributed by atoms with Crippen LogP contribution in [0.5, 0.6) is 0 Å². The Kier molecular flexibility index (Phi) is 5.20. The second kappa shape index (κ2) is 8.20. The second-order valence-electron chi connectivity index (χ2n) is 9.21. The van der Waals surface area contributed by atoms with Crippen LogP contribution in [0.15, 0.2) is 78.9 Å².